The van der Waals surface area contributed by atoms with E-state index in [4.69, 9.17) is 5.73 Å². The fraction of sp³-hybridized carbons (Fsp3) is 0.917. The molecule has 0 aromatic carbocycles. The highest BCUT2D eigenvalue weighted by Gasteiger charge is 2.40. The first-order valence-electron chi connectivity index (χ1n) is 5.94. The second-order valence-corrected chi connectivity index (χ2v) is 5.28. The number of hydrogen-bond acceptors (Lipinski definition) is 2. The lowest BCUT2D eigenvalue weighted by Crippen LogP contribution is -2.35. The molecule has 0 bridgehead atoms. The van der Waals surface area contributed by atoms with Gasteiger partial charge in [-0.2, -0.15) is 0 Å². The molecule has 1 rings (SSSR count). The van der Waals surface area contributed by atoms with Gasteiger partial charge in [-0.25, -0.2) is 0 Å². The van der Waals surface area contributed by atoms with Crippen molar-refractivity contribution in [2.24, 2.45) is 23.5 Å². The van der Waals surface area contributed by atoms with Crippen LogP contribution in [0.25, 0.3) is 0 Å². The van der Waals surface area contributed by atoms with Crippen molar-refractivity contribution in [1.29, 1.82) is 0 Å². The highest BCUT2D eigenvalue weighted by atomic mass is 16.2. The fourth-order valence-corrected chi connectivity index (χ4v) is 1.74. The Kier molecular flexibility index (Phi) is 4.14. The summed E-state index contributed by atoms with van der Waals surface area (Å²) in [6.45, 7) is 7.17. The highest BCUT2D eigenvalue weighted by Crippen LogP contribution is 2.38. The van der Waals surface area contributed by atoms with Crippen molar-refractivity contribution in [3.63, 3.8) is 0 Å². The van der Waals surface area contributed by atoms with Crippen LogP contribution in [0.4, 0.5) is 0 Å². The molecule has 2 N–H and O–H groups in total. The van der Waals surface area contributed by atoms with Gasteiger partial charge >= 0.3 is 0 Å². The second kappa shape index (κ2) is 4.97. The first-order valence-corrected chi connectivity index (χ1v) is 5.94. The Hall–Kier alpha value is -0.570. The standard InChI is InChI=1S/C12H24N2O/c1-8(2)11(13)5-6-14(4)12(15)10-7-9(10)3/h8-11H,5-7,13H2,1-4H3/t9-,10-,11+/m0/s1. The van der Waals surface area contributed by atoms with Crippen LogP contribution >= 0.6 is 0 Å². The molecule has 0 heterocycles. The van der Waals surface area contributed by atoms with Crippen molar-refractivity contribution in [1.82, 2.24) is 4.90 Å². The lowest BCUT2D eigenvalue weighted by Gasteiger charge is -2.21. The van der Waals surface area contributed by atoms with Crippen LogP contribution in [0.5, 0.6) is 0 Å². The Labute approximate surface area is 93.0 Å². The van der Waals surface area contributed by atoms with Crippen LogP contribution in [0.2, 0.25) is 0 Å². The summed E-state index contributed by atoms with van der Waals surface area (Å²) < 4.78 is 0. The average molecular weight is 212 g/mol. The number of carbonyl (C=O) groups is 1. The minimum Gasteiger partial charge on any atom is -0.345 e. The van der Waals surface area contributed by atoms with E-state index >= 15 is 0 Å². The Bertz CT molecular complexity index is 228. The molecule has 1 saturated carbocycles. The zero-order valence-electron chi connectivity index (χ0n) is 10.4. The molecule has 1 amide bonds. The number of amides is 1. The van der Waals surface area contributed by atoms with Gasteiger partial charge in [0, 0.05) is 25.6 Å². The third kappa shape index (κ3) is 3.49. The molecule has 0 aromatic heterocycles. The summed E-state index contributed by atoms with van der Waals surface area (Å²) in [5.74, 6) is 1.69. The molecule has 1 aliphatic rings. The van der Waals surface area contributed by atoms with Gasteiger partial charge in [-0.05, 0) is 24.7 Å². The van der Waals surface area contributed by atoms with Crippen LogP contribution in [0.15, 0.2) is 0 Å². The van der Waals surface area contributed by atoms with Crippen molar-refractivity contribution in [3.05, 3.63) is 0 Å². The van der Waals surface area contributed by atoms with E-state index in [9.17, 15) is 4.79 Å². The van der Waals surface area contributed by atoms with Crippen molar-refractivity contribution in [2.75, 3.05) is 13.6 Å². The maximum atomic E-state index is 11.8. The SMILES string of the molecule is CC(C)[C@H](N)CCN(C)C(=O)[C@H]1C[C@@H]1C. The maximum absolute atomic E-state index is 11.8. The van der Waals surface area contributed by atoms with E-state index in [1.165, 1.54) is 0 Å². The van der Waals surface area contributed by atoms with E-state index in [1.54, 1.807) is 0 Å². The van der Waals surface area contributed by atoms with Gasteiger partial charge in [-0.1, -0.05) is 20.8 Å². The summed E-state index contributed by atoms with van der Waals surface area (Å²) in [5.41, 5.74) is 5.95. The van der Waals surface area contributed by atoms with Crippen LogP contribution in [0, 0.1) is 17.8 Å². The minimum atomic E-state index is 0.205. The molecule has 0 unspecified atom stereocenters. The average Bonchev–Trinajstić information content (AvgIpc) is 2.89. The van der Waals surface area contributed by atoms with Gasteiger partial charge < -0.3 is 10.6 Å². The van der Waals surface area contributed by atoms with Gasteiger partial charge in [0.15, 0.2) is 0 Å². The van der Waals surface area contributed by atoms with Crippen molar-refractivity contribution in [3.8, 4) is 0 Å². The Morgan fingerprint density at radius 1 is 1.53 bits per heavy atom. The molecule has 0 spiro atoms. The Balaban J connectivity index is 2.23. The molecule has 0 aliphatic heterocycles. The maximum Gasteiger partial charge on any atom is 0.225 e. The largest absolute Gasteiger partial charge is 0.345 e. The molecule has 1 aliphatic carbocycles. The second-order valence-electron chi connectivity index (χ2n) is 5.28. The van der Waals surface area contributed by atoms with E-state index in [1.807, 2.05) is 11.9 Å². The quantitative estimate of drug-likeness (QED) is 0.750. The summed E-state index contributed by atoms with van der Waals surface area (Å²) in [5, 5.41) is 0. The van der Waals surface area contributed by atoms with Gasteiger partial charge in [0.1, 0.15) is 0 Å². The minimum absolute atomic E-state index is 0.205. The molecule has 0 aromatic rings. The molecule has 3 nitrogen and oxygen atoms in total. The number of nitrogens with zero attached hydrogens (tertiary/aromatic N) is 1. The molecule has 3 heteroatoms. The van der Waals surface area contributed by atoms with Gasteiger partial charge in [0.2, 0.25) is 5.91 Å². The van der Waals surface area contributed by atoms with Crippen molar-refractivity contribution < 1.29 is 4.79 Å². The monoisotopic (exact) mass is 212 g/mol. The van der Waals surface area contributed by atoms with Crippen molar-refractivity contribution >= 4 is 5.91 Å². The van der Waals surface area contributed by atoms with Gasteiger partial charge in [-0.15, -0.1) is 0 Å². The Morgan fingerprint density at radius 2 is 2.07 bits per heavy atom. The molecule has 1 fully saturated rings. The van der Waals surface area contributed by atoms with E-state index in [0.717, 1.165) is 19.4 Å². The summed E-state index contributed by atoms with van der Waals surface area (Å²) in [4.78, 5) is 13.6. The molecule has 88 valence electrons. The molecular weight excluding hydrogens is 188 g/mol. The van der Waals surface area contributed by atoms with Crippen LogP contribution in [0.1, 0.15) is 33.6 Å². The van der Waals surface area contributed by atoms with E-state index in [0.29, 0.717) is 23.7 Å². The number of hydrogen-bond donors (Lipinski definition) is 1. The number of carbonyl (C=O) groups excluding carboxylic acids is 1. The summed E-state index contributed by atoms with van der Waals surface area (Å²) in [6, 6.07) is 0.205. The van der Waals surface area contributed by atoms with Crippen LogP contribution in [-0.2, 0) is 4.79 Å². The van der Waals surface area contributed by atoms with Crippen LogP contribution in [0.3, 0.4) is 0 Å². The third-order valence-electron chi connectivity index (χ3n) is 3.46. The van der Waals surface area contributed by atoms with Crippen molar-refractivity contribution in [2.45, 2.75) is 39.7 Å². The molecular formula is C12H24N2O. The van der Waals surface area contributed by atoms with Gasteiger partial charge in [0.25, 0.3) is 0 Å². The summed E-state index contributed by atoms with van der Waals surface area (Å²) >= 11 is 0. The summed E-state index contributed by atoms with van der Waals surface area (Å²) in [6.07, 6.45) is 1.97. The van der Waals surface area contributed by atoms with E-state index in [2.05, 4.69) is 20.8 Å². The lowest BCUT2D eigenvalue weighted by atomic mass is 10.0. The van der Waals surface area contributed by atoms with E-state index < -0.39 is 0 Å². The predicted octanol–water partition coefficient (Wildman–Crippen LogP) is 1.47. The predicted molar refractivity (Wildman–Crippen MR) is 62.3 cm³/mol. The topological polar surface area (TPSA) is 46.3 Å². The fourth-order valence-electron chi connectivity index (χ4n) is 1.74. The first kappa shape index (κ1) is 12.5. The lowest BCUT2D eigenvalue weighted by molar-refractivity contribution is -0.131. The molecule has 0 saturated heterocycles. The zero-order valence-corrected chi connectivity index (χ0v) is 10.4. The first-order chi connectivity index (χ1) is 6.93. The molecule has 0 radical (unpaired) electrons. The van der Waals surface area contributed by atoms with Gasteiger partial charge in [0.05, 0.1) is 0 Å². The zero-order chi connectivity index (χ0) is 11.6. The normalized spacial score (nSPS) is 26.5. The third-order valence-corrected chi connectivity index (χ3v) is 3.46. The number of nitrogens with two attached hydrogens (primary N) is 1. The van der Waals surface area contributed by atoms with E-state index in [-0.39, 0.29) is 6.04 Å². The van der Waals surface area contributed by atoms with Crippen LogP contribution < -0.4 is 5.73 Å². The van der Waals surface area contributed by atoms with Gasteiger partial charge in [-0.3, -0.25) is 4.79 Å². The smallest absolute Gasteiger partial charge is 0.225 e. The summed E-state index contributed by atoms with van der Waals surface area (Å²) in [7, 11) is 1.89. The molecule has 3 atom stereocenters. The number of rotatable bonds is 5. The van der Waals surface area contributed by atoms with Crippen LogP contribution in [-0.4, -0.2) is 30.4 Å². The Morgan fingerprint density at radius 3 is 2.47 bits per heavy atom. The molecule has 15 heavy (non-hydrogen) atoms. The highest BCUT2D eigenvalue weighted by molar-refractivity contribution is 5.81.